The first-order valence-corrected chi connectivity index (χ1v) is 5.09. The van der Waals surface area contributed by atoms with Gasteiger partial charge in [-0.3, -0.25) is 4.68 Å². The highest BCUT2D eigenvalue weighted by Gasteiger charge is 2.14. The summed E-state index contributed by atoms with van der Waals surface area (Å²) in [6.07, 6.45) is 4.45. The molecule has 8 heteroatoms. The molecule has 0 fully saturated rings. The van der Waals surface area contributed by atoms with Crippen molar-refractivity contribution in [3.05, 3.63) is 24.3 Å². The van der Waals surface area contributed by atoms with E-state index in [1.165, 1.54) is 17.2 Å². The summed E-state index contributed by atoms with van der Waals surface area (Å²) in [6, 6.07) is 1.97. The van der Waals surface area contributed by atoms with E-state index in [0.29, 0.717) is 17.0 Å². The molecule has 18 heavy (non-hydrogen) atoms. The van der Waals surface area contributed by atoms with E-state index in [1.54, 1.807) is 17.9 Å². The topological polar surface area (TPSA) is 111 Å². The minimum absolute atomic E-state index is 0.251. The second-order valence-corrected chi connectivity index (χ2v) is 3.67. The monoisotopic (exact) mass is 240 g/mol. The Morgan fingerprint density at radius 2 is 2.11 bits per heavy atom. The van der Waals surface area contributed by atoms with Gasteiger partial charge < -0.3 is 5.73 Å². The van der Waals surface area contributed by atoms with Crippen LogP contribution in [-0.4, -0.2) is 29.5 Å². The molecule has 3 aromatic heterocycles. The van der Waals surface area contributed by atoms with Crippen LogP contribution in [0.2, 0.25) is 0 Å². The molecule has 0 amide bonds. The van der Waals surface area contributed by atoms with Crippen molar-refractivity contribution in [3.63, 3.8) is 0 Å². The molecule has 0 atom stereocenters. The summed E-state index contributed by atoms with van der Waals surface area (Å²) in [4.78, 5) is 8.27. The molecule has 8 nitrogen and oxygen atoms in total. The third-order valence-electron chi connectivity index (χ3n) is 2.64. The van der Waals surface area contributed by atoms with Crippen molar-refractivity contribution in [3.8, 4) is 11.9 Å². The molecule has 3 heterocycles. The quantitative estimate of drug-likeness (QED) is 0.641. The maximum atomic E-state index is 8.86. The van der Waals surface area contributed by atoms with Crippen molar-refractivity contribution in [2.24, 2.45) is 7.05 Å². The van der Waals surface area contributed by atoms with Crippen molar-refractivity contribution < 1.29 is 0 Å². The lowest BCUT2D eigenvalue weighted by Crippen LogP contribution is -2.05. The summed E-state index contributed by atoms with van der Waals surface area (Å²) in [5.74, 6) is 0.758. The molecule has 0 radical (unpaired) electrons. The average Bonchev–Trinajstić information content (AvgIpc) is 2.93. The Labute approximate surface area is 101 Å². The van der Waals surface area contributed by atoms with Gasteiger partial charge in [0.25, 0.3) is 0 Å². The van der Waals surface area contributed by atoms with Crippen LogP contribution in [0.4, 0.5) is 5.82 Å². The van der Waals surface area contributed by atoms with Crippen LogP contribution in [0.3, 0.4) is 0 Å². The first-order chi connectivity index (χ1) is 8.72. The van der Waals surface area contributed by atoms with Gasteiger partial charge in [0.2, 0.25) is 0 Å². The van der Waals surface area contributed by atoms with Gasteiger partial charge >= 0.3 is 0 Å². The van der Waals surface area contributed by atoms with E-state index < -0.39 is 0 Å². The van der Waals surface area contributed by atoms with E-state index in [4.69, 9.17) is 11.0 Å². The standard InChI is InChI=1S/C10H8N8/c1-17-9-7(4-15-17)10(14-5-13-9)18-8(12)6(2-11)3-16-18/h3-5H,12H2,1H3. The maximum Gasteiger partial charge on any atom is 0.170 e. The van der Waals surface area contributed by atoms with Gasteiger partial charge in [0.1, 0.15) is 23.8 Å². The molecule has 0 aliphatic carbocycles. The Morgan fingerprint density at radius 3 is 2.83 bits per heavy atom. The number of aromatic nitrogens is 6. The van der Waals surface area contributed by atoms with Crippen LogP contribution in [-0.2, 0) is 7.05 Å². The molecule has 0 saturated heterocycles. The van der Waals surface area contributed by atoms with Gasteiger partial charge in [-0.25, -0.2) is 9.97 Å². The summed E-state index contributed by atoms with van der Waals surface area (Å²) in [5, 5.41) is 17.7. The Balaban J connectivity index is 2.32. The molecule has 3 rings (SSSR count). The fourth-order valence-electron chi connectivity index (χ4n) is 1.73. The number of nitrogen functional groups attached to an aromatic ring is 1. The van der Waals surface area contributed by atoms with Crippen LogP contribution in [0, 0.1) is 11.3 Å². The predicted octanol–water partition coefficient (Wildman–Crippen LogP) is 0.00288. The second-order valence-electron chi connectivity index (χ2n) is 3.67. The number of anilines is 1. The SMILES string of the molecule is Cn1ncc2c(-n3ncc(C#N)c3N)ncnc21. The minimum Gasteiger partial charge on any atom is -0.382 e. The number of fused-ring (bicyclic) bond motifs is 1. The first kappa shape index (κ1) is 10.2. The summed E-state index contributed by atoms with van der Waals surface area (Å²) in [5.41, 5.74) is 6.82. The maximum absolute atomic E-state index is 8.86. The van der Waals surface area contributed by atoms with Crippen LogP contribution in [0.5, 0.6) is 0 Å². The number of hydrogen-bond acceptors (Lipinski definition) is 6. The van der Waals surface area contributed by atoms with E-state index in [1.807, 2.05) is 6.07 Å². The molecule has 0 saturated carbocycles. The zero-order chi connectivity index (χ0) is 12.7. The summed E-state index contributed by atoms with van der Waals surface area (Å²) in [7, 11) is 1.78. The number of nitrogens with two attached hydrogens (primary N) is 1. The molecule has 0 aromatic carbocycles. The highest BCUT2D eigenvalue weighted by atomic mass is 15.4. The third kappa shape index (κ3) is 1.24. The van der Waals surface area contributed by atoms with E-state index >= 15 is 0 Å². The number of rotatable bonds is 1. The van der Waals surface area contributed by atoms with E-state index in [2.05, 4.69) is 20.2 Å². The predicted molar refractivity (Wildman–Crippen MR) is 62.6 cm³/mol. The van der Waals surface area contributed by atoms with Gasteiger partial charge in [-0.15, -0.1) is 0 Å². The smallest absolute Gasteiger partial charge is 0.170 e. The molecule has 0 aliphatic rings. The minimum atomic E-state index is 0.251. The lowest BCUT2D eigenvalue weighted by Gasteiger charge is -2.03. The lowest BCUT2D eigenvalue weighted by atomic mass is 10.3. The Bertz CT molecular complexity index is 775. The average molecular weight is 240 g/mol. The normalized spacial score (nSPS) is 10.7. The van der Waals surface area contributed by atoms with Gasteiger partial charge in [0.05, 0.1) is 17.8 Å². The molecule has 0 bridgehead atoms. The fourth-order valence-corrected chi connectivity index (χ4v) is 1.73. The Kier molecular flexibility index (Phi) is 2.00. The summed E-state index contributed by atoms with van der Waals surface area (Å²) >= 11 is 0. The van der Waals surface area contributed by atoms with Crippen LogP contribution in [0.15, 0.2) is 18.7 Å². The van der Waals surface area contributed by atoms with E-state index in [9.17, 15) is 0 Å². The number of hydrogen-bond donors (Lipinski definition) is 1. The number of nitrogens with zero attached hydrogens (tertiary/aromatic N) is 7. The zero-order valence-electron chi connectivity index (χ0n) is 9.44. The lowest BCUT2D eigenvalue weighted by molar-refractivity contribution is 0.784. The Hall–Kier alpha value is -2.95. The highest BCUT2D eigenvalue weighted by Crippen LogP contribution is 2.20. The van der Waals surface area contributed by atoms with Crippen molar-refractivity contribution >= 4 is 16.9 Å². The van der Waals surface area contributed by atoms with E-state index in [0.717, 1.165) is 5.39 Å². The number of nitriles is 1. The van der Waals surface area contributed by atoms with Crippen LogP contribution < -0.4 is 5.73 Å². The van der Waals surface area contributed by atoms with Crippen molar-refractivity contribution in [2.45, 2.75) is 0 Å². The molecule has 3 aromatic rings. The second kappa shape index (κ2) is 3.53. The molecular formula is C10H8N8. The van der Waals surface area contributed by atoms with Crippen LogP contribution in [0.25, 0.3) is 16.9 Å². The van der Waals surface area contributed by atoms with Crippen molar-refractivity contribution in [1.82, 2.24) is 29.5 Å². The van der Waals surface area contributed by atoms with Gasteiger partial charge in [-0.1, -0.05) is 0 Å². The fraction of sp³-hybridized carbons (Fsp3) is 0.100. The molecular weight excluding hydrogens is 232 g/mol. The zero-order valence-corrected chi connectivity index (χ0v) is 9.44. The summed E-state index contributed by atoms with van der Waals surface area (Å²) in [6.45, 7) is 0. The van der Waals surface area contributed by atoms with Crippen LogP contribution in [0.1, 0.15) is 5.56 Å². The molecule has 0 spiro atoms. The molecule has 2 N–H and O–H groups in total. The van der Waals surface area contributed by atoms with Crippen molar-refractivity contribution in [1.29, 1.82) is 5.26 Å². The van der Waals surface area contributed by atoms with E-state index in [-0.39, 0.29) is 5.82 Å². The van der Waals surface area contributed by atoms with Crippen LogP contribution >= 0.6 is 0 Å². The van der Waals surface area contributed by atoms with Crippen molar-refractivity contribution in [2.75, 3.05) is 5.73 Å². The largest absolute Gasteiger partial charge is 0.382 e. The summed E-state index contributed by atoms with van der Waals surface area (Å²) < 4.78 is 3.04. The highest BCUT2D eigenvalue weighted by molar-refractivity contribution is 5.82. The Morgan fingerprint density at radius 1 is 1.28 bits per heavy atom. The third-order valence-corrected chi connectivity index (χ3v) is 2.64. The van der Waals surface area contributed by atoms with Gasteiger partial charge in [0.15, 0.2) is 11.5 Å². The molecule has 0 unspecified atom stereocenters. The first-order valence-electron chi connectivity index (χ1n) is 5.09. The van der Waals surface area contributed by atoms with Gasteiger partial charge in [0, 0.05) is 7.05 Å². The molecule has 88 valence electrons. The van der Waals surface area contributed by atoms with Gasteiger partial charge in [-0.05, 0) is 0 Å². The van der Waals surface area contributed by atoms with Gasteiger partial charge in [-0.2, -0.15) is 20.1 Å². The number of aryl methyl sites for hydroxylation is 1. The molecule has 0 aliphatic heterocycles.